The van der Waals surface area contributed by atoms with Crippen LogP contribution < -0.4 is 20.4 Å². The van der Waals surface area contributed by atoms with Crippen molar-refractivity contribution in [1.82, 2.24) is 15.3 Å². The molecule has 0 unspecified atom stereocenters. The van der Waals surface area contributed by atoms with Gasteiger partial charge in [-0.25, -0.2) is 4.98 Å². The van der Waals surface area contributed by atoms with Gasteiger partial charge in [-0.2, -0.15) is 18.2 Å². The van der Waals surface area contributed by atoms with Crippen LogP contribution in [-0.2, 0) is 10.9 Å². The molecule has 0 spiro atoms. The number of nitrogens with zero attached hydrogens (tertiary/aromatic N) is 4. The molecule has 2 N–H and O–H groups in total. The van der Waals surface area contributed by atoms with Crippen molar-refractivity contribution < 1.29 is 17.9 Å². The predicted molar refractivity (Wildman–Crippen MR) is 119 cm³/mol. The van der Waals surface area contributed by atoms with Gasteiger partial charge in [0.05, 0.1) is 0 Å². The summed E-state index contributed by atoms with van der Waals surface area (Å²) in [6, 6.07) is 10.9. The maximum absolute atomic E-state index is 13.4. The van der Waals surface area contributed by atoms with E-state index in [1.165, 1.54) is 0 Å². The smallest absolute Gasteiger partial charge is 0.385 e. The lowest BCUT2D eigenvalue weighted by Crippen LogP contribution is -2.47. The molecule has 0 saturated carbocycles. The fraction of sp³-hybridized carbons (Fsp3) is 0.450. The van der Waals surface area contributed by atoms with Gasteiger partial charge in [0.2, 0.25) is 5.95 Å². The molecule has 11 heteroatoms. The van der Waals surface area contributed by atoms with E-state index in [-0.39, 0.29) is 16.9 Å². The van der Waals surface area contributed by atoms with Crippen LogP contribution in [0, 0.1) is 0 Å². The first-order valence-corrected chi connectivity index (χ1v) is 10.3. The Bertz CT molecular complexity index is 860. The van der Waals surface area contributed by atoms with Gasteiger partial charge in [-0.1, -0.05) is 18.2 Å². The quantitative estimate of drug-likeness (QED) is 0.489. The average molecular weight is 455 g/mol. The minimum absolute atomic E-state index is 0.162. The Balaban J connectivity index is 1.69. The Labute approximate surface area is 184 Å². The van der Waals surface area contributed by atoms with Crippen LogP contribution in [0.4, 0.5) is 30.6 Å². The molecule has 1 aromatic carbocycles. The van der Waals surface area contributed by atoms with Gasteiger partial charge in [0.15, 0.2) is 10.8 Å². The van der Waals surface area contributed by atoms with Crippen LogP contribution in [0.2, 0.25) is 0 Å². The summed E-state index contributed by atoms with van der Waals surface area (Å²) in [7, 11) is 1.59. The van der Waals surface area contributed by atoms with E-state index in [4.69, 9.17) is 17.0 Å². The third-order valence-electron chi connectivity index (χ3n) is 4.76. The van der Waals surface area contributed by atoms with Crippen LogP contribution in [0.15, 0.2) is 36.4 Å². The number of aromatic nitrogens is 2. The van der Waals surface area contributed by atoms with Crippen LogP contribution in [-0.4, -0.2) is 61.5 Å². The molecule has 1 aromatic heterocycles. The minimum Gasteiger partial charge on any atom is -0.385 e. The van der Waals surface area contributed by atoms with Crippen LogP contribution in [0.25, 0.3) is 0 Å². The van der Waals surface area contributed by atoms with E-state index in [0.717, 1.165) is 11.8 Å². The standard InChI is InChI=1S/C20H25F3N6OS/c1-30-13-5-8-24-19(31)27-18-25-16(20(21,22)23)14-17(26-18)29-11-9-28(10-12-29)15-6-3-2-4-7-15/h2-4,6-7,14H,5,8-13H2,1H3,(H2,24,25,26,27,31). The summed E-state index contributed by atoms with van der Waals surface area (Å²) in [6.45, 7) is 3.52. The second kappa shape index (κ2) is 10.6. The minimum atomic E-state index is -4.59. The van der Waals surface area contributed by atoms with Crippen molar-refractivity contribution in [3.63, 3.8) is 0 Å². The van der Waals surface area contributed by atoms with E-state index in [2.05, 4.69) is 25.5 Å². The molecule has 1 fully saturated rings. The second-order valence-corrected chi connectivity index (χ2v) is 7.38. The molecule has 1 saturated heterocycles. The maximum atomic E-state index is 13.4. The number of nitrogens with one attached hydrogen (secondary N) is 2. The van der Waals surface area contributed by atoms with E-state index in [1.54, 1.807) is 7.11 Å². The van der Waals surface area contributed by atoms with Gasteiger partial charge in [0.25, 0.3) is 0 Å². The number of methoxy groups -OCH3 is 1. The maximum Gasteiger partial charge on any atom is 0.433 e. The van der Waals surface area contributed by atoms with Gasteiger partial charge >= 0.3 is 6.18 Å². The van der Waals surface area contributed by atoms with Crippen LogP contribution >= 0.6 is 12.2 Å². The molecule has 0 amide bonds. The molecule has 2 heterocycles. The fourth-order valence-corrected chi connectivity index (χ4v) is 3.39. The lowest BCUT2D eigenvalue weighted by atomic mass is 10.2. The Kier molecular flexibility index (Phi) is 7.85. The zero-order valence-electron chi connectivity index (χ0n) is 17.2. The number of benzene rings is 1. The first-order valence-electron chi connectivity index (χ1n) is 9.92. The molecule has 0 atom stereocenters. The Hall–Kier alpha value is -2.66. The summed E-state index contributed by atoms with van der Waals surface area (Å²) < 4.78 is 45.2. The zero-order chi connectivity index (χ0) is 22.3. The Morgan fingerprint density at radius 1 is 1.10 bits per heavy atom. The molecule has 31 heavy (non-hydrogen) atoms. The number of alkyl halides is 3. The first kappa shape index (κ1) is 23.0. The molecule has 168 valence electrons. The topological polar surface area (TPSA) is 65.6 Å². The monoisotopic (exact) mass is 454 g/mol. The molecule has 7 nitrogen and oxygen atoms in total. The molecule has 0 radical (unpaired) electrons. The summed E-state index contributed by atoms with van der Waals surface area (Å²) in [5.41, 5.74) is 0.0840. The summed E-state index contributed by atoms with van der Waals surface area (Å²) in [4.78, 5) is 11.9. The number of piperazine rings is 1. The van der Waals surface area contributed by atoms with Crippen LogP contribution in [0.1, 0.15) is 12.1 Å². The van der Waals surface area contributed by atoms with Gasteiger partial charge in [-0.15, -0.1) is 0 Å². The van der Waals surface area contributed by atoms with Gasteiger partial charge in [-0.3, -0.25) is 0 Å². The number of thiocarbonyl (C=S) groups is 1. The number of para-hydroxylation sites is 1. The van der Waals surface area contributed by atoms with Gasteiger partial charge in [0, 0.05) is 58.2 Å². The first-order chi connectivity index (χ1) is 14.9. The molecule has 2 aromatic rings. The number of ether oxygens (including phenoxy) is 1. The van der Waals surface area contributed by atoms with Crippen molar-refractivity contribution in [2.45, 2.75) is 12.6 Å². The zero-order valence-corrected chi connectivity index (χ0v) is 18.0. The third kappa shape index (κ3) is 6.66. The van der Waals surface area contributed by atoms with E-state index < -0.39 is 11.9 Å². The summed E-state index contributed by atoms with van der Waals surface area (Å²) >= 11 is 5.15. The second-order valence-electron chi connectivity index (χ2n) is 6.97. The van der Waals surface area contributed by atoms with Crippen molar-refractivity contribution in [1.29, 1.82) is 0 Å². The highest BCUT2D eigenvalue weighted by atomic mass is 32.1. The molecule has 1 aliphatic heterocycles. The van der Waals surface area contributed by atoms with Crippen molar-refractivity contribution in [3.05, 3.63) is 42.1 Å². The number of anilines is 3. The van der Waals surface area contributed by atoms with E-state index in [9.17, 15) is 13.2 Å². The molecule has 0 aliphatic carbocycles. The lowest BCUT2D eigenvalue weighted by Gasteiger charge is -2.37. The molecule has 1 aliphatic rings. The predicted octanol–water partition coefficient (Wildman–Crippen LogP) is 3.14. The molecule has 0 bridgehead atoms. The molecular formula is C20H25F3N6OS. The van der Waals surface area contributed by atoms with Crippen LogP contribution in [0.3, 0.4) is 0 Å². The summed E-state index contributed by atoms with van der Waals surface area (Å²) in [6.07, 6.45) is -3.88. The van der Waals surface area contributed by atoms with Crippen molar-refractivity contribution >= 4 is 34.8 Å². The molecular weight excluding hydrogens is 429 g/mol. The van der Waals surface area contributed by atoms with Crippen LogP contribution in [0.5, 0.6) is 0 Å². The fourth-order valence-electron chi connectivity index (χ4n) is 3.19. The third-order valence-corrected chi connectivity index (χ3v) is 5.01. The van der Waals surface area contributed by atoms with Gasteiger partial charge < -0.3 is 25.2 Å². The van der Waals surface area contributed by atoms with Crippen molar-refractivity contribution in [2.24, 2.45) is 0 Å². The van der Waals surface area contributed by atoms with Gasteiger partial charge in [-0.05, 0) is 30.8 Å². The highest BCUT2D eigenvalue weighted by molar-refractivity contribution is 7.80. The average Bonchev–Trinajstić information content (AvgIpc) is 2.77. The van der Waals surface area contributed by atoms with E-state index in [1.807, 2.05) is 35.2 Å². The number of halogens is 3. The van der Waals surface area contributed by atoms with E-state index >= 15 is 0 Å². The molecule has 3 rings (SSSR count). The highest BCUT2D eigenvalue weighted by Gasteiger charge is 2.34. The van der Waals surface area contributed by atoms with Crippen molar-refractivity contribution in [2.75, 3.05) is 61.6 Å². The summed E-state index contributed by atoms with van der Waals surface area (Å²) in [5.74, 6) is 0.0410. The lowest BCUT2D eigenvalue weighted by molar-refractivity contribution is -0.141. The van der Waals surface area contributed by atoms with Gasteiger partial charge in [0.1, 0.15) is 5.82 Å². The SMILES string of the molecule is COCCCNC(=S)Nc1nc(N2CCN(c3ccccc3)CC2)cc(C(F)(F)F)n1. The highest BCUT2D eigenvalue weighted by Crippen LogP contribution is 2.31. The summed E-state index contributed by atoms with van der Waals surface area (Å²) in [5, 5.41) is 5.73. The normalized spacial score (nSPS) is 14.5. The Morgan fingerprint density at radius 3 is 2.42 bits per heavy atom. The number of hydrogen-bond donors (Lipinski definition) is 2. The number of rotatable bonds is 7. The van der Waals surface area contributed by atoms with Crippen molar-refractivity contribution in [3.8, 4) is 0 Å². The number of hydrogen-bond acceptors (Lipinski definition) is 6. The Morgan fingerprint density at radius 2 is 1.77 bits per heavy atom. The van der Waals surface area contributed by atoms with E-state index in [0.29, 0.717) is 45.8 Å². The largest absolute Gasteiger partial charge is 0.433 e.